The van der Waals surface area contributed by atoms with Crippen LogP contribution in [0.25, 0.3) is 11.0 Å². The van der Waals surface area contributed by atoms with Crippen molar-refractivity contribution in [3.8, 4) is 0 Å². The molecule has 0 aliphatic carbocycles. The van der Waals surface area contributed by atoms with E-state index in [0.29, 0.717) is 39.2 Å². The second kappa shape index (κ2) is 7.21. The van der Waals surface area contributed by atoms with Crippen molar-refractivity contribution in [2.75, 3.05) is 19.7 Å². The fourth-order valence-corrected chi connectivity index (χ4v) is 3.34. The molecule has 1 aromatic carbocycles. The van der Waals surface area contributed by atoms with E-state index in [2.05, 4.69) is 6.92 Å². The highest BCUT2D eigenvalue weighted by Crippen LogP contribution is 2.14. The zero-order valence-corrected chi connectivity index (χ0v) is 14.4. The van der Waals surface area contributed by atoms with Crippen molar-refractivity contribution in [1.82, 2.24) is 14.0 Å². The number of ether oxygens (including phenoxy) is 1. The Morgan fingerprint density at radius 1 is 1.21 bits per heavy atom. The van der Waals surface area contributed by atoms with Gasteiger partial charge < -0.3 is 9.64 Å². The van der Waals surface area contributed by atoms with Crippen molar-refractivity contribution in [1.29, 1.82) is 0 Å². The minimum Gasteiger partial charge on any atom is -0.375 e. The largest absolute Gasteiger partial charge is 0.375 e. The van der Waals surface area contributed by atoms with E-state index in [1.165, 1.54) is 0 Å². The van der Waals surface area contributed by atoms with Crippen LogP contribution in [0.2, 0.25) is 0 Å². The summed E-state index contributed by atoms with van der Waals surface area (Å²) in [5.74, 6) is 0.0874. The molecule has 1 amide bonds. The standard InChI is InChI=1S/C18H25N3O3/c1-3-9-20-15-6-4-5-7-16(15)21(18(20)23)10-8-17(22)19-11-12-24-14(2)13-19/h4-7,14H,3,8-13H2,1-2H3. The fraction of sp³-hybridized carbons (Fsp3) is 0.556. The Kier molecular flexibility index (Phi) is 5.04. The normalized spacial score (nSPS) is 18.2. The maximum atomic E-state index is 12.7. The molecule has 24 heavy (non-hydrogen) atoms. The zero-order chi connectivity index (χ0) is 17.1. The molecule has 0 radical (unpaired) electrons. The summed E-state index contributed by atoms with van der Waals surface area (Å²) in [5, 5.41) is 0. The van der Waals surface area contributed by atoms with Crippen molar-refractivity contribution in [3.05, 3.63) is 34.7 Å². The molecule has 3 rings (SSSR count). The number of hydrogen-bond acceptors (Lipinski definition) is 3. The highest BCUT2D eigenvalue weighted by molar-refractivity contribution is 5.78. The van der Waals surface area contributed by atoms with Gasteiger partial charge in [-0.05, 0) is 25.5 Å². The first-order valence-electron chi connectivity index (χ1n) is 8.69. The molecule has 1 unspecified atom stereocenters. The van der Waals surface area contributed by atoms with Crippen LogP contribution < -0.4 is 5.69 Å². The van der Waals surface area contributed by atoms with Gasteiger partial charge in [-0.15, -0.1) is 0 Å². The lowest BCUT2D eigenvalue weighted by molar-refractivity contribution is -0.138. The number of benzene rings is 1. The average Bonchev–Trinajstić information content (AvgIpc) is 2.85. The molecular formula is C18H25N3O3. The zero-order valence-electron chi connectivity index (χ0n) is 14.4. The highest BCUT2D eigenvalue weighted by atomic mass is 16.5. The number of carbonyl (C=O) groups is 1. The van der Waals surface area contributed by atoms with Gasteiger partial charge in [0.2, 0.25) is 5.91 Å². The SMILES string of the molecule is CCCn1c(=O)n(CCC(=O)N2CCOC(C)C2)c2ccccc21. The monoisotopic (exact) mass is 331 g/mol. The summed E-state index contributed by atoms with van der Waals surface area (Å²) < 4.78 is 9.01. The lowest BCUT2D eigenvalue weighted by Crippen LogP contribution is -2.44. The van der Waals surface area contributed by atoms with E-state index in [1.54, 1.807) is 9.13 Å². The van der Waals surface area contributed by atoms with Gasteiger partial charge in [0.05, 0.1) is 23.7 Å². The van der Waals surface area contributed by atoms with Crippen molar-refractivity contribution in [2.45, 2.75) is 45.9 Å². The van der Waals surface area contributed by atoms with Crippen LogP contribution in [0.3, 0.4) is 0 Å². The molecule has 1 aromatic heterocycles. The fourth-order valence-electron chi connectivity index (χ4n) is 3.34. The molecule has 1 aliphatic rings. The minimum atomic E-state index is -0.0267. The molecule has 0 N–H and O–H groups in total. The number of hydrogen-bond donors (Lipinski definition) is 0. The van der Waals surface area contributed by atoms with E-state index in [-0.39, 0.29) is 17.7 Å². The number of imidazole rings is 1. The van der Waals surface area contributed by atoms with Gasteiger partial charge in [0.15, 0.2) is 0 Å². The average molecular weight is 331 g/mol. The molecular weight excluding hydrogens is 306 g/mol. The van der Waals surface area contributed by atoms with E-state index < -0.39 is 0 Å². The quantitative estimate of drug-likeness (QED) is 0.840. The number of amides is 1. The molecule has 1 aliphatic heterocycles. The Morgan fingerprint density at radius 3 is 2.50 bits per heavy atom. The Morgan fingerprint density at radius 2 is 1.88 bits per heavy atom. The highest BCUT2D eigenvalue weighted by Gasteiger charge is 2.21. The van der Waals surface area contributed by atoms with Crippen LogP contribution in [0.1, 0.15) is 26.7 Å². The van der Waals surface area contributed by atoms with Gasteiger partial charge in [-0.2, -0.15) is 0 Å². The predicted molar refractivity (Wildman–Crippen MR) is 93.1 cm³/mol. The first-order valence-corrected chi connectivity index (χ1v) is 8.69. The summed E-state index contributed by atoms with van der Waals surface area (Å²) in [4.78, 5) is 27.0. The first kappa shape index (κ1) is 16.8. The second-order valence-corrected chi connectivity index (χ2v) is 6.35. The minimum absolute atomic E-state index is 0.0267. The molecule has 1 atom stereocenters. The van der Waals surface area contributed by atoms with E-state index in [0.717, 1.165) is 17.5 Å². The van der Waals surface area contributed by atoms with Gasteiger partial charge in [0.1, 0.15) is 0 Å². The summed E-state index contributed by atoms with van der Waals surface area (Å²) in [6, 6.07) is 7.79. The number of aromatic nitrogens is 2. The topological polar surface area (TPSA) is 56.5 Å². The lowest BCUT2D eigenvalue weighted by Gasteiger charge is -2.31. The van der Waals surface area contributed by atoms with Crippen LogP contribution in [-0.2, 0) is 22.6 Å². The van der Waals surface area contributed by atoms with E-state index in [1.807, 2.05) is 36.1 Å². The Hall–Kier alpha value is -2.08. The van der Waals surface area contributed by atoms with Crippen LogP contribution >= 0.6 is 0 Å². The molecule has 6 heteroatoms. The summed E-state index contributed by atoms with van der Waals surface area (Å²) in [7, 11) is 0. The number of nitrogens with zero attached hydrogens (tertiary/aromatic N) is 3. The Balaban J connectivity index is 1.79. The first-order chi connectivity index (χ1) is 11.6. The van der Waals surface area contributed by atoms with Gasteiger partial charge in [-0.3, -0.25) is 13.9 Å². The summed E-state index contributed by atoms with van der Waals surface area (Å²) >= 11 is 0. The molecule has 1 saturated heterocycles. The van der Waals surface area contributed by atoms with Crippen molar-refractivity contribution in [2.24, 2.45) is 0 Å². The molecule has 2 heterocycles. The van der Waals surface area contributed by atoms with E-state index in [9.17, 15) is 9.59 Å². The molecule has 0 saturated carbocycles. The van der Waals surface area contributed by atoms with Crippen molar-refractivity contribution < 1.29 is 9.53 Å². The number of carbonyl (C=O) groups excluding carboxylic acids is 1. The van der Waals surface area contributed by atoms with E-state index >= 15 is 0 Å². The number of morpholine rings is 1. The smallest absolute Gasteiger partial charge is 0.329 e. The van der Waals surface area contributed by atoms with Gasteiger partial charge in [0.25, 0.3) is 0 Å². The number of fused-ring (bicyclic) bond motifs is 1. The maximum Gasteiger partial charge on any atom is 0.329 e. The van der Waals surface area contributed by atoms with Crippen molar-refractivity contribution in [3.63, 3.8) is 0 Å². The van der Waals surface area contributed by atoms with Gasteiger partial charge in [0, 0.05) is 32.6 Å². The predicted octanol–water partition coefficient (Wildman–Crippen LogP) is 1.85. The third-order valence-electron chi connectivity index (χ3n) is 4.52. The third kappa shape index (κ3) is 3.24. The summed E-state index contributed by atoms with van der Waals surface area (Å²) in [6.07, 6.45) is 1.32. The van der Waals surface area contributed by atoms with E-state index in [4.69, 9.17) is 4.74 Å². The van der Waals surface area contributed by atoms with Gasteiger partial charge >= 0.3 is 5.69 Å². The molecule has 1 fully saturated rings. The molecule has 6 nitrogen and oxygen atoms in total. The van der Waals surface area contributed by atoms with Crippen molar-refractivity contribution >= 4 is 16.9 Å². The molecule has 2 aromatic rings. The Bertz CT molecular complexity index is 777. The lowest BCUT2D eigenvalue weighted by atomic mass is 10.2. The van der Waals surface area contributed by atoms with Crippen LogP contribution in [0, 0.1) is 0 Å². The van der Waals surface area contributed by atoms with Crippen LogP contribution in [0.5, 0.6) is 0 Å². The van der Waals surface area contributed by atoms with Crippen LogP contribution in [0.4, 0.5) is 0 Å². The number of para-hydroxylation sites is 2. The van der Waals surface area contributed by atoms with Gasteiger partial charge in [-0.1, -0.05) is 19.1 Å². The molecule has 130 valence electrons. The number of aryl methyl sites for hydroxylation is 2. The summed E-state index contributed by atoms with van der Waals surface area (Å²) in [5.41, 5.74) is 1.82. The molecule has 0 bridgehead atoms. The third-order valence-corrected chi connectivity index (χ3v) is 4.52. The number of rotatable bonds is 5. The van der Waals surface area contributed by atoms with Crippen LogP contribution in [-0.4, -0.2) is 45.7 Å². The summed E-state index contributed by atoms with van der Waals surface area (Å²) in [6.45, 7) is 7.00. The Labute approximate surface area is 141 Å². The van der Waals surface area contributed by atoms with Crippen LogP contribution in [0.15, 0.2) is 29.1 Å². The van der Waals surface area contributed by atoms with Gasteiger partial charge in [-0.25, -0.2) is 4.79 Å². The molecule has 0 spiro atoms. The second-order valence-electron chi connectivity index (χ2n) is 6.35. The maximum absolute atomic E-state index is 12.7.